The summed E-state index contributed by atoms with van der Waals surface area (Å²) in [4.78, 5) is 25.6. The molecule has 0 aromatic heterocycles. The molecule has 0 saturated carbocycles. The number of likely N-dealkylation sites (tertiary alicyclic amines) is 1. The van der Waals surface area contributed by atoms with E-state index in [0.29, 0.717) is 19.2 Å². The van der Waals surface area contributed by atoms with E-state index in [1.807, 2.05) is 0 Å². The number of nitrogens with zero attached hydrogens (tertiary/aromatic N) is 1. The molecule has 138 valence electrons. The molecule has 1 aromatic rings. The van der Waals surface area contributed by atoms with Crippen molar-refractivity contribution < 1.29 is 23.1 Å². The first-order chi connectivity index (χ1) is 12.0. The number of carbonyl (C=O) groups is 2. The predicted octanol–water partition coefficient (Wildman–Crippen LogP) is 1.19. The van der Waals surface area contributed by atoms with E-state index in [1.165, 1.54) is 0 Å². The highest BCUT2D eigenvalue weighted by molar-refractivity contribution is 5.79. The summed E-state index contributed by atoms with van der Waals surface area (Å²) in [6, 6.07) is 2.80. The Morgan fingerprint density at radius 3 is 2.84 bits per heavy atom. The number of nitrogens with two attached hydrogens (primary N) is 1. The zero-order valence-corrected chi connectivity index (χ0v) is 14.0. The first kappa shape index (κ1) is 19.1. The lowest BCUT2D eigenvalue weighted by molar-refractivity contribution is -0.137. The van der Waals surface area contributed by atoms with Gasteiger partial charge < -0.3 is 20.7 Å². The molecule has 2 amide bonds. The number of ether oxygens (including phenoxy) is 1. The largest absolute Gasteiger partial charge is 0.481 e. The smallest absolute Gasteiger partial charge is 0.260 e. The maximum absolute atomic E-state index is 13.6. The van der Waals surface area contributed by atoms with Gasteiger partial charge in [-0.1, -0.05) is 0 Å². The third-order valence-electron chi connectivity index (χ3n) is 4.10. The second-order valence-electron chi connectivity index (χ2n) is 5.94. The fraction of sp³-hybridized carbons (Fsp3) is 0.529. The summed E-state index contributed by atoms with van der Waals surface area (Å²) in [7, 11) is 0. The number of hydrogen-bond donors (Lipinski definition) is 2. The van der Waals surface area contributed by atoms with Crippen LogP contribution in [0.3, 0.4) is 0 Å². The van der Waals surface area contributed by atoms with Crippen LogP contribution in [0.2, 0.25) is 0 Å². The van der Waals surface area contributed by atoms with Crippen molar-refractivity contribution in [3.63, 3.8) is 0 Å². The second kappa shape index (κ2) is 9.31. The Morgan fingerprint density at radius 2 is 2.12 bits per heavy atom. The minimum absolute atomic E-state index is 0.121. The van der Waals surface area contributed by atoms with Crippen molar-refractivity contribution in [3.8, 4) is 5.75 Å². The van der Waals surface area contributed by atoms with Crippen LogP contribution in [-0.2, 0) is 9.59 Å². The quantitative estimate of drug-likeness (QED) is 0.769. The van der Waals surface area contributed by atoms with Gasteiger partial charge in [0.2, 0.25) is 5.91 Å². The summed E-state index contributed by atoms with van der Waals surface area (Å²) < 4.78 is 31.6. The molecule has 1 unspecified atom stereocenters. The van der Waals surface area contributed by atoms with Crippen molar-refractivity contribution in [2.45, 2.75) is 31.7 Å². The molecule has 1 fully saturated rings. The van der Waals surface area contributed by atoms with Crippen LogP contribution in [0, 0.1) is 11.6 Å². The van der Waals surface area contributed by atoms with Gasteiger partial charge in [0.25, 0.3) is 5.91 Å². The van der Waals surface area contributed by atoms with Crippen molar-refractivity contribution in [2.75, 3.05) is 26.2 Å². The molecular weight excluding hydrogens is 332 g/mol. The van der Waals surface area contributed by atoms with Gasteiger partial charge in [0.05, 0.1) is 0 Å². The lowest BCUT2D eigenvalue weighted by Gasteiger charge is -2.35. The van der Waals surface area contributed by atoms with Gasteiger partial charge in [-0.3, -0.25) is 9.59 Å². The van der Waals surface area contributed by atoms with Crippen molar-refractivity contribution in [1.82, 2.24) is 10.2 Å². The van der Waals surface area contributed by atoms with Gasteiger partial charge in [-0.2, -0.15) is 0 Å². The van der Waals surface area contributed by atoms with Crippen LogP contribution in [0.15, 0.2) is 18.2 Å². The van der Waals surface area contributed by atoms with E-state index in [1.54, 1.807) is 4.90 Å². The second-order valence-corrected chi connectivity index (χ2v) is 5.94. The SMILES string of the molecule is NCCC(=O)NCC1CCCCN1C(=O)COc1ccc(F)cc1F. The number of nitrogens with one attached hydrogen (secondary N) is 1. The molecule has 0 aliphatic carbocycles. The van der Waals surface area contributed by atoms with E-state index in [4.69, 9.17) is 10.5 Å². The standard InChI is InChI=1S/C17H23F2N3O3/c18-12-4-5-15(14(19)9-12)25-11-17(24)22-8-2-1-3-13(22)10-21-16(23)6-7-20/h4-5,9,13H,1-3,6-8,10-11,20H2,(H,21,23). The molecule has 2 rings (SSSR count). The third-order valence-corrected chi connectivity index (χ3v) is 4.10. The maximum atomic E-state index is 13.6. The lowest BCUT2D eigenvalue weighted by Crippen LogP contribution is -2.50. The monoisotopic (exact) mass is 355 g/mol. The third kappa shape index (κ3) is 5.67. The Hall–Kier alpha value is -2.22. The first-order valence-corrected chi connectivity index (χ1v) is 8.35. The van der Waals surface area contributed by atoms with E-state index in [2.05, 4.69) is 5.32 Å². The molecule has 0 radical (unpaired) electrons. The summed E-state index contributed by atoms with van der Waals surface area (Å²) in [5.41, 5.74) is 5.33. The summed E-state index contributed by atoms with van der Waals surface area (Å²) >= 11 is 0. The number of halogens is 2. The first-order valence-electron chi connectivity index (χ1n) is 8.35. The van der Waals surface area contributed by atoms with Crippen LogP contribution in [0.5, 0.6) is 5.75 Å². The number of carbonyl (C=O) groups excluding carboxylic acids is 2. The van der Waals surface area contributed by atoms with E-state index in [9.17, 15) is 18.4 Å². The maximum Gasteiger partial charge on any atom is 0.260 e. The lowest BCUT2D eigenvalue weighted by atomic mass is 10.0. The summed E-state index contributed by atoms with van der Waals surface area (Å²) in [5, 5.41) is 2.77. The highest BCUT2D eigenvalue weighted by atomic mass is 19.1. The highest BCUT2D eigenvalue weighted by Crippen LogP contribution is 2.20. The minimum atomic E-state index is -0.850. The van der Waals surface area contributed by atoms with Crippen molar-refractivity contribution in [3.05, 3.63) is 29.8 Å². The molecular formula is C17H23F2N3O3. The molecule has 1 aliphatic rings. The van der Waals surface area contributed by atoms with E-state index in [0.717, 1.165) is 31.4 Å². The van der Waals surface area contributed by atoms with Gasteiger partial charge in [0, 0.05) is 38.2 Å². The highest BCUT2D eigenvalue weighted by Gasteiger charge is 2.27. The average Bonchev–Trinajstić information content (AvgIpc) is 2.59. The van der Waals surface area contributed by atoms with Crippen molar-refractivity contribution in [2.24, 2.45) is 5.73 Å². The Kier molecular flexibility index (Phi) is 7.12. The van der Waals surface area contributed by atoms with E-state index < -0.39 is 11.6 Å². The number of hydrogen-bond acceptors (Lipinski definition) is 4. The molecule has 1 atom stereocenters. The zero-order valence-electron chi connectivity index (χ0n) is 14.0. The van der Waals surface area contributed by atoms with Crippen LogP contribution >= 0.6 is 0 Å². The molecule has 0 bridgehead atoms. The fourth-order valence-corrected chi connectivity index (χ4v) is 2.81. The molecule has 1 aliphatic heterocycles. The Morgan fingerprint density at radius 1 is 1.32 bits per heavy atom. The number of benzene rings is 1. The van der Waals surface area contributed by atoms with Crippen LogP contribution in [0.4, 0.5) is 8.78 Å². The topological polar surface area (TPSA) is 84.7 Å². The fourth-order valence-electron chi connectivity index (χ4n) is 2.81. The molecule has 6 nitrogen and oxygen atoms in total. The summed E-state index contributed by atoms with van der Waals surface area (Å²) in [6.07, 6.45) is 2.85. The predicted molar refractivity (Wildman–Crippen MR) is 87.9 cm³/mol. The van der Waals surface area contributed by atoms with Gasteiger partial charge in [-0.05, 0) is 31.4 Å². The molecule has 8 heteroatoms. The van der Waals surface area contributed by atoms with Gasteiger partial charge in [0.1, 0.15) is 5.82 Å². The van der Waals surface area contributed by atoms with Crippen LogP contribution in [-0.4, -0.2) is 49.0 Å². The molecule has 1 saturated heterocycles. The van der Waals surface area contributed by atoms with E-state index in [-0.39, 0.29) is 43.2 Å². The molecule has 0 spiro atoms. The molecule has 1 aromatic carbocycles. The van der Waals surface area contributed by atoms with Crippen LogP contribution < -0.4 is 15.8 Å². The Bertz CT molecular complexity index is 613. The minimum Gasteiger partial charge on any atom is -0.481 e. The normalized spacial score (nSPS) is 17.2. The average molecular weight is 355 g/mol. The number of piperidine rings is 1. The van der Waals surface area contributed by atoms with Crippen molar-refractivity contribution in [1.29, 1.82) is 0 Å². The molecule has 3 N–H and O–H groups in total. The van der Waals surface area contributed by atoms with Gasteiger partial charge in [-0.25, -0.2) is 8.78 Å². The Labute approximate surface area is 145 Å². The van der Waals surface area contributed by atoms with Crippen LogP contribution in [0.25, 0.3) is 0 Å². The zero-order chi connectivity index (χ0) is 18.2. The van der Waals surface area contributed by atoms with E-state index >= 15 is 0 Å². The number of amides is 2. The van der Waals surface area contributed by atoms with Gasteiger partial charge in [0.15, 0.2) is 18.2 Å². The summed E-state index contributed by atoms with van der Waals surface area (Å²) in [6.45, 7) is 0.854. The summed E-state index contributed by atoms with van der Waals surface area (Å²) in [5.74, 6) is -2.16. The van der Waals surface area contributed by atoms with Gasteiger partial charge in [-0.15, -0.1) is 0 Å². The molecule has 1 heterocycles. The van der Waals surface area contributed by atoms with Crippen molar-refractivity contribution >= 4 is 11.8 Å². The number of rotatable bonds is 7. The van der Waals surface area contributed by atoms with Crippen LogP contribution in [0.1, 0.15) is 25.7 Å². The van der Waals surface area contributed by atoms with Gasteiger partial charge >= 0.3 is 0 Å². The molecule has 25 heavy (non-hydrogen) atoms. The Balaban J connectivity index is 1.89.